The molecule has 0 saturated carbocycles. The molecule has 8 nitrogen and oxygen atoms in total. The van der Waals surface area contributed by atoms with Gasteiger partial charge in [0.05, 0.1) is 18.2 Å². The Morgan fingerprint density at radius 2 is 1.94 bits per heavy atom. The van der Waals surface area contributed by atoms with Crippen molar-refractivity contribution in [2.45, 2.75) is 26.3 Å². The van der Waals surface area contributed by atoms with Gasteiger partial charge >= 0.3 is 0 Å². The van der Waals surface area contributed by atoms with Crippen LogP contribution in [0.2, 0.25) is 0 Å². The zero-order valence-electron chi connectivity index (χ0n) is 18.5. The van der Waals surface area contributed by atoms with Crippen molar-refractivity contribution in [2.24, 2.45) is 0 Å². The van der Waals surface area contributed by atoms with Gasteiger partial charge in [-0.25, -0.2) is 0 Å². The minimum absolute atomic E-state index is 0.0405. The molecule has 1 aliphatic heterocycles. The van der Waals surface area contributed by atoms with E-state index in [1.54, 1.807) is 49.4 Å². The molecule has 1 atom stereocenters. The first-order chi connectivity index (χ1) is 16.5. The highest BCUT2D eigenvalue weighted by atomic mass is 32.1. The van der Waals surface area contributed by atoms with Gasteiger partial charge < -0.3 is 14.3 Å². The molecule has 0 fully saturated rings. The standard InChI is InChI=1S/C25H21N3O5S/c1-3-12-32-17-10-8-15(9-11-17)21-20(22(29)19-13-16-6-4-5-7-18(16)33-19)23(30)24(31)28(21)25-27-26-14(2)34-25/h4-11,13,21,30H,3,12H2,1-2H3. The molecule has 9 heteroatoms. The molecule has 0 radical (unpaired) electrons. The summed E-state index contributed by atoms with van der Waals surface area (Å²) in [4.78, 5) is 28.1. The number of aryl methyl sites for hydroxylation is 1. The molecule has 34 heavy (non-hydrogen) atoms. The number of nitrogens with zero attached hydrogens (tertiary/aromatic N) is 3. The minimum atomic E-state index is -0.902. The molecule has 0 saturated heterocycles. The lowest BCUT2D eigenvalue weighted by molar-refractivity contribution is -0.117. The van der Waals surface area contributed by atoms with Crippen LogP contribution in [0, 0.1) is 6.92 Å². The Bertz CT molecular complexity index is 1390. The number of ketones is 1. The van der Waals surface area contributed by atoms with Crippen molar-refractivity contribution in [3.05, 3.63) is 82.3 Å². The van der Waals surface area contributed by atoms with Crippen LogP contribution in [0.15, 0.2) is 70.3 Å². The van der Waals surface area contributed by atoms with Crippen molar-refractivity contribution in [2.75, 3.05) is 11.5 Å². The summed E-state index contributed by atoms with van der Waals surface area (Å²) in [6, 6.07) is 15.0. The second kappa shape index (κ2) is 8.75. The molecule has 1 aliphatic rings. The molecule has 3 heterocycles. The molecule has 5 rings (SSSR count). The molecule has 0 bridgehead atoms. The van der Waals surface area contributed by atoms with Gasteiger partial charge in [-0.3, -0.25) is 14.5 Å². The number of benzene rings is 2. The van der Waals surface area contributed by atoms with Crippen LogP contribution in [0.25, 0.3) is 11.0 Å². The minimum Gasteiger partial charge on any atom is -0.503 e. The van der Waals surface area contributed by atoms with Crippen molar-refractivity contribution >= 4 is 39.1 Å². The Labute approximate surface area is 199 Å². The maximum atomic E-state index is 13.6. The van der Waals surface area contributed by atoms with E-state index < -0.39 is 23.5 Å². The van der Waals surface area contributed by atoms with Gasteiger partial charge in [-0.1, -0.05) is 48.6 Å². The van der Waals surface area contributed by atoms with Crippen molar-refractivity contribution in [3.63, 3.8) is 0 Å². The van der Waals surface area contributed by atoms with Crippen LogP contribution < -0.4 is 9.64 Å². The maximum Gasteiger partial charge on any atom is 0.296 e. The van der Waals surface area contributed by atoms with E-state index in [0.29, 0.717) is 28.5 Å². The van der Waals surface area contributed by atoms with E-state index in [-0.39, 0.29) is 16.5 Å². The van der Waals surface area contributed by atoms with E-state index in [1.807, 2.05) is 19.1 Å². The highest BCUT2D eigenvalue weighted by molar-refractivity contribution is 7.15. The van der Waals surface area contributed by atoms with Crippen LogP contribution in [0.1, 0.15) is 40.5 Å². The number of rotatable bonds is 7. The first-order valence-electron chi connectivity index (χ1n) is 10.8. The van der Waals surface area contributed by atoms with Gasteiger partial charge in [-0.2, -0.15) is 0 Å². The van der Waals surface area contributed by atoms with Gasteiger partial charge in [0.25, 0.3) is 5.91 Å². The Kier molecular flexibility index (Phi) is 5.62. The fraction of sp³-hybridized carbons (Fsp3) is 0.200. The first-order valence-corrected chi connectivity index (χ1v) is 11.6. The van der Waals surface area contributed by atoms with E-state index in [4.69, 9.17) is 9.15 Å². The Morgan fingerprint density at radius 1 is 1.18 bits per heavy atom. The molecular formula is C25H21N3O5S. The van der Waals surface area contributed by atoms with E-state index in [1.165, 1.54) is 16.2 Å². The topological polar surface area (TPSA) is 106 Å². The average Bonchev–Trinajstić information content (AvgIpc) is 3.54. The smallest absolute Gasteiger partial charge is 0.296 e. The van der Waals surface area contributed by atoms with Crippen molar-refractivity contribution in [1.29, 1.82) is 0 Å². The number of carbonyl (C=O) groups is 2. The number of para-hydroxylation sites is 1. The Morgan fingerprint density at radius 3 is 2.62 bits per heavy atom. The van der Waals surface area contributed by atoms with E-state index in [0.717, 1.165) is 11.8 Å². The number of hydrogen-bond donors (Lipinski definition) is 1. The summed E-state index contributed by atoms with van der Waals surface area (Å²) < 4.78 is 11.4. The Balaban J connectivity index is 1.60. The SMILES string of the molecule is CCCOc1ccc(C2C(C(=O)c3cc4ccccc4o3)=C(O)C(=O)N2c2nnc(C)s2)cc1. The van der Waals surface area contributed by atoms with Crippen molar-refractivity contribution in [1.82, 2.24) is 10.2 Å². The molecule has 4 aromatic rings. The summed E-state index contributed by atoms with van der Waals surface area (Å²) >= 11 is 1.20. The lowest BCUT2D eigenvalue weighted by atomic mass is 9.95. The maximum absolute atomic E-state index is 13.6. The predicted molar refractivity (Wildman–Crippen MR) is 127 cm³/mol. The van der Waals surface area contributed by atoms with Crippen LogP contribution in [0.3, 0.4) is 0 Å². The van der Waals surface area contributed by atoms with E-state index in [9.17, 15) is 14.7 Å². The number of Topliss-reactive ketones (excluding diaryl/α,β-unsaturated/α-hetero) is 1. The summed E-state index contributed by atoms with van der Waals surface area (Å²) in [5.74, 6) is -1.20. The molecule has 2 aromatic heterocycles. The molecule has 1 amide bonds. The molecule has 172 valence electrons. The number of amides is 1. The summed E-state index contributed by atoms with van der Waals surface area (Å²) in [5.41, 5.74) is 1.09. The van der Waals surface area contributed by atoms with Gasteiger partial charge in [0.15, 0.2) is 11.5 Å². The van der Waals surface area contributed by atoms with Gasteiger partial charge in [0, 0.05) is 5.39 Å². The zero-order chi connectivity index (χ0) is 23.8. The molecule has 2 aromatic carbocycles. The highest BCUT2D eigenvalue weighted by Crippen LogP contribution is 2.43. The first kappa shape index (κ1) is 21.8. The number of aromatic nitrogens is 2. The van der Waals surface area contributed by atoms with Gasteiger partial charge in [0.2, 0.25) is 10.9 Å². The number of fused-ring (bicyclic) bond motifs is 1. The normalized spacial score (nSPS) is 16.0. The number of hydrogen-bond acceptors (Lipinski definition) is 8. The third-order valence-electron chi connectivity index (χ3n) is 5.49. The number of furan rings is 1. The molecule has 0 aliphatic carbocycles. The average molecular weight is 476 g/mol. The lowest BCUT2D eigenvalue weighted by Crippen LogP contribution is -2.31. The number of ether oxygens (including phenoxy) is 1. The number of anilines is 1. The monoisotopic (exact) mass is 475 g/mol. The Hall–Kier alpha value is -3.98. The van der Waals surface area contributed by atoms with Gasteiger partial charge in [0.1, 0.15) is 16.3 Å². The number of aliphatic hydroxyl groups is 1. The van der Waals surface area contributed by atoms with Crippen LogP contribution in [-0.2, 0) is 4.79 Å². The number of aliphatic hydroxyl groups excluding tert-OH is 1. The van der Waals surface area contributed by atoms with Crippen LogP contribution in [-0.4, -0.2) is 33.6 Å². The highest BCUT2D eigenvalue weighted by Gasteiger charge is 2.46. The zero-order valence-corrected chi connectivity index (χ0v) is 19.3. The van der Waals surface area contributed by atoms with E-state index >= 15 is 0 Å². The lowest BCUT2D eigenvalue weighted by Gasteiger charge is -2.24. The molecule has 0 spiro atoms. The van der Waals surface area contributed by atoms with Crippen molar-refractivity contribution < 1.29 is 23.8 Å². The quantitative estimate of drug-likeness (QED) is 0.368. The third-order valence-corrected chi connectivity index (χ3v) is 6.33. The second-order valence-electron chi connectivity index (χ2n) is 7.84. The summed E-state index contributed by atoms with van der Waals surface area (Å²) in [7, 11) is 0. The largest absolute Gasteiger partial charge is 0.503 e. The summed E-state index contributed by atoms with van der Waals surface area (Å²) in [5, 5.41) is 20.7. The fourth-order valence-corrected chi connectivity index (χ4v) is 4.64. The number of carbonyl (C=O) groups excluding carboxylic acids is 2. The van der Waals surface area contributed by atoms with Gasteiger partial charge in [-0.15, -0.1) is 10.2 Å². The van der Waals surface area contributed by atoms with Crippen LogP contribution in [0.4, 0.5) is 5.13 Å². The predicted octanol–water partition coefficient (Wildman–Crippen LogP) is 5.16. The molecule has 1 unspecified atom stereocenters. The van der Waals surface area contributed by atoms with E-state index in [2.05, 4.69) is 10.2 Å². The fourth-order valence-electron chi connectivity index (χ4n) is 3.93. The molecule has 1 N–H and O–H groups in total. The second-order valence-corrected chi connectivity index (χ2v) is 9.00. The summed E-state index contributed by atoms with van der Waals surface area (Å²) in [6.45, 7) is 4.36. The summed E-state index contributed by atoms with van der Waals surface area (Å²) in [6.07, 6.45) is 0.871. The van der Waals surface area contributed by atoms with Crippen molar-refractivity contribution in [3.8, 4) is 5.75 Å². The molecular weight excluding hydrogens is 454 g/mol. The van der Waals surface area contributed by atoms with Gasteiger partial charge in [-0.05, 0) is 43.2 Å². The van der Waals surface area contributed by atoms with Crippen LogP contribution >= 0.6 is 11.3 Å². The van der Waals surface area contributed by atoms with Crippen LogP contribution in [0.5, 0.6) is 5.75 Å². The third kappa shape index (κ3) is 3.73.